The third kappa shape index (κ3) is 4.75. The van der Waals surface area contributed by atoms with Crippen molar-refractivity contribution < 1.29 is 13.2 Å². The summed E-state index contributed by atoms with van der Waals surface area (Å²) in [5, 5.41) is 0.290. The molecule has 0 fully saturated rings. The molecule has 0 aliphatic carbocycles. The number of ether oxygens (including phenoxy) is 1. The number of nitrogens with one attached hydrogen (secondary N) is 1. The van der Waals surface area contributed by atoms with Crippen molar-refractivity contribution in [1.29, 1.82) is 0 Å². The van der Waals surface area contributed by atoms with Crippen molar-refractivity contribution in [3.63, 3.8) is 0 Å². The third-order valence-corrected chi connectivity index (χ3v) is 4.90. The van der Waals surface area contributed by atoms with Gasteiger partial charge in [-0.15, -0.1) is 12.4 Å². The first-order chi connectivity index (χ1) is 8.63. The van der Waals surface area contributed by atoms with Gasteiger partial charge >= 0.3 is 0 Å². The lowest BCUT2D eigenvalue weighted by molar-refractivity contribution is 0.397. The normalized spacial score (nSPS) is 11.9. The molecule has 0 heterocycles. The van der Waals surface area contributed by atoms with Crippen LogP contribution in [0.1, 0.15) is 13.8 Å². The Hall–Kier alpha value is -0.0500. The van der Waals surface area contributed by atoms with Crippen LogP contribution in [0.2, 0.25) is 5.02 Å². The molecule has 1 aromatic rings. The van der Waals surface area contributed by atoms with Gasteiger partial charge in [0, 0.05) is 17.1 Å². The maximum absolute atomic E-state index is 12.4. The lowest BCUT2D eigenvalue weighted by Gasteiger charge is -2.24. The number of rotatable bonds is 5. The van der Waals surface area contributed by atoms with Crippen LogP contribution in [-0.2, 0) is 10.0 Å². The Morgan fingerprint density at radius 2 is 2.00 bits per heavy atom. The van der Waals surface area contributed by atoms with E-state index in [0.717, 1.165) is 0 Å². The van der Waals surface area contributed by atoms with Gasteiger partial charge in [-0.2, -0.15) is 0 Å². The van der Waals surface area contributed by atoms with Gasteiger partial charge in [0.05, 0.1) is 11.6 Å². The highest BCUT2D eigenvalue weighted by atomic mass is 79.9. The van der Waals surface area contributed by atoms with Gasteiger partial charge < -0.3 is 10.5 Å². The fourth-order valence-corrected chi connectivity index (χ4v) is 4.20. The van der Waals surface area contributed by atoms with Crippen LogP contribution in [0.5, 0.6) is 5.75 Å². The lowest BCUT2D eigenvalue weighted by atomic mass is 10.1. The van der Waals surface area contributed by atoms with Crippen molar-refractivity contribution in [2.45, 2.75) is 24.3 Å². The first-order valence-corrected chi connectivity index (χ1v) is 8.05. The molecule has 9 heteroatoms. The second-order valence-corrected chi connectivity index (χ2v) is 7.55. The maximum atomic E-state index is 12.4. The van der Waals surface area contributed by atoms with E-state index in [1.165, 1.54) is 13.2 Å². The van der Waals surface area contributed by atoms with Crippen molar-refractivity contribution in [2.75, 3.05) is 13.7 Å². The summed E-state index contributed by atoms with van der Waals surface area (Å²) >= 11 is 9.11. The van der Waals surface area contributed by atoms with Gasteiger partial charge in [0.2, 0.25) is 10.0 Å². The fourth-order valence-electron chi connectivity index (χ4n) is 1.39. The smallest absolute Gasteiger partial charge is 0.244 e. The summed E-state index contributed by atoms with van der Waals surface area (Å²) in [4.78, 5) is -0.0316. The van der Waals surface area contributed by atoms with Gasteiger partial charge in [0.25, 0.3) is 0 Å². The van der Waals surface area contributed by atoms with Gasteiger partial charge in [-0.05, 0) is 41.9 Å². The van der Waals surface area contributed by atoms with Crippen LogP contribution in [0, 0.1) is 0 Å². The zero-order chi connectivity index (χ0) is 14.8. The Labute approximate surface area is 138 Å². The Balaban J connectivity index is 0.00000361. The largest absolute Gasteiger partial charge is 0.494 e. The van der Waals surface area contributed by atoms with Gasteiger partial charge in [-0.3, -0.25) is 0 Å². The van der Waals surface area contributed by atoms with E-state index in [4.69, 9.17) is 22.1 Å². The van der Waals surface area contributed by atoms with Gasteiger partial charge in [0.1, 0.15) is 4.90 Å². The van der Waals surface area contributed by atoms with E-state index < -0.39 is 15.6 Å². The van der Waals surface area contributed by atoms with Crippen molar-refractivity contribution in [2.24, 2.45) is 5.73 Å². The van der Waals surface area contributed by atoms with E-state index >= 15 is 0 Å². The van der Waals surface area contributed by atoms with Crippen LogP contribution in [0.15, 0.2) is 21.5 Å². The average Bonchev–Trinajstić information content (AvgIpc) is 2.27. The molecule has 1 rings (SSSR count). The molecule has 0 saturated carbocycles. The van der Waals surface area contributed by atoms with Gasteiger partial charge in [-0.25, -0.2) is 13.1 Å². The molecule has 5 nitrogen and oxygen atoms in total. The Bertz CT molecular complexity index is 579. The SMILES string of the molecule is COc1c(Br)cc(Cl)cc1S(=O)(=O)NC(C)(C)CN.Cl. The number of hydrogen-bond acceptors (Lipinski definition) is 4. The van der Waals surface area contributed by atoms with Crippen molar-refractivity contribution in [1.82, 2.24) is 4.72 Å². The monoisotopic (exact) mass is 406 g/mol. The molecule has 116 valence electrons. The summed E-state index contributed by atoms with van der Waals surface area (Å²) in [5.74, 6) is 0.199. The molecule has 0 saturated heterocycles. The van der Waals surface area contributed by atoms with E-state index in [9.17, 15) is 8.42 Å². The number of sulfonamides is 1. The van der Waals surface area contributed by atoms with Crippen molar-refractivity contribution >= 4 is 50.0 Å². The summed E-state index contributed by atoms with van der Waals surface area (Å²) in [6.45, 7) is 3.55. The molecule has 0 atom stereocenters. The second kappa shape index (κ2) is 7.29. The molecule has 0 bridgehead atoms. The lowest BCUT2D eigenvalue weighted by Crippen LogP contribution is -2.48. The van der Waals surface area contributed by atoms with Crippen LogP contribution >= 0.6 is 39.9 Å². The summed E-state index contributed by atoms with van der Waals surface area (Å²) in [6.07, 6.45) is 0. The van der Waals surface area contributed by atoms with Crippen molar-refractivity contribution in [3.05, 3.63) is 21.6 Å². The zero-order valence-corrected chi connectivity index (χ0v) is 15.2. The first kappa shape index (κ1) is 19.9. The number of halogens is 3. The summed E-state index contributed by atoms with van der Waals surface area (Å²) in [7, 11) is -2.40. The number of methoxy groups -OCH3 is 1. The van der Waals surface area contributed by atoms with E-state index in [1.807, 2.05) is 0 Å². The zero-order valence-electron chi connectivity index (χ0n) is 11.2. The molecule has 0 aliphatic heterocycles. The molecule has 20 heavy (non-hydrogen) atoms. The molecular formula is C11H17BrCl2N2O3S. The van der Waals surface area contributed by atoms with Crippen molar-refractivity contribution in [3.8, 4) is 5.75 Å². The topological polar surface area (TPSA) is 81.4 Å². The molecular weight excluding hydrogens is 391 g/mol. The van der Waals surface area contributed by atoms with E-state index in [1.54, 1.807) is 19.9 Å². The average molecular weight is 408 g/mol. The molecule has 0 aromatic heterocycles. The van der Waals surface area contributed by atoms with E-state index in [0.29, 0.717) is 9.50 Å². The third-order valence-electron chi connectivity index (χ3n) is 2.39. The van der Waals surface area contributed by atoms with Crippen LogP contribution in [-0.4, -0.2) is 27.6 Å². The van der Waals surface area contributed by atoms with E-state index in [-0.39, 0.29) is 29.6 Å². The molecule has 0 amide bonds. The van der Waals surface area contributed by atoms with E-state index in [2.05, 4.69) is 20.7 Å². The highest BCUT2D eigenvalue weighted by Gasteiger charge is 2.28. The van der Waals surface area contributed by atoms with Crippen LogP contribution in [0.4, 0.5) is 0 Å². The number of hydrogen-bond donors (Lipinski definition) is 2. The van der Waals surface area contributed by atoms with Gasteiger partial charge in [0.15, 0.2) is 5.75 Å². The van der Waals surface area contributed by atoms with Crippen LogP contribution in [0.3, 0.4) is 0 Å². The molecule has 0 radical (unpaired) electrons. The van der Waals surface area contributed by atoms with Crippen LogP contribution < -0.4 is 15.2 Å². The highest BCUT2D eigenvalue weighted by molar-refractivity contribution is 9.10. The second-order valence-electron chi connectivity index (χ2n) is 4.61. The molecule has 3 N–H and O–H groups in total. The predicted molar refractivity (Wildman–Crippen MR) is 86.4 cm³/mol. The molecule has 0 aliphatic rings. The molecule has 1 aromatic carbocycles. The minimum absolute atomic E-state index is 0. The summed E-state index contributed by atoms with van der Waals surface area (Å²) < 4.78 is 32.8. The Morgan fingerprint density at radius 1 is 1.45 bits per heavy atom. The van der Waals surface area contributed by atoms with Crippen LogP contribution in [0.25, 0.3) is 0 Å². The minimum Gasteiger partial charge on any atom is -0.494 e. The molecule has 0 unspecified atom stereocenters. The number of benzene rings is 1. The fraction of sp³-hybridized carbons (Fsp3) is 0.455. The predicted octanol–water partition coefficient (Wildman–Crippen LogP) is 2.55. The Kier molecular flexibility index (Phi) is 7.27. The minimum atomic E-state index is -3.79. The number of nitrogens with two attached hydrogens (primary N) is 1. The quantitative estimate of drug-likeness (QED) is 0.785. The summed E-state index contributed by atoms with van der Waals surface area (Å²) in [5.41, 5.74) is 4.76. The van der Waals surface area contributed by atoms with Gasteiger partial charge in [-0.1, -0.05) is 11.6 Å². The Morgan fingerprint density at radius 3 is 2.45 bits per heavy atom. The standard InChI is InChI=1S/C11H16BrClN2O3S.ClH/c1-11(2,6-14)15-19(16,17)9-5-7(13)4-8(12)10(9)18-3;/h4-5,15H,6,14H2,1-3H3;1H. The summed E-state index contributed by atoms with van der Waals surface area (Å²) in [6, 6.07) is 2.90. The first-order valence-electron chi connectivity index (χ1n) is 5.40. The highest BCUT2D eigenvalue weighted by Crippen LogP contribution is 2.35. The molecule has 0 spiro atoms. The maximum Gasteiger partial charge on any atom is 0.244 e.